The van der Waals surface area contributed by atoms with Crippen LogP contribution in [0.2, 0.25) is 0 Å². The van der Waals surface area contributed by atoms with Crippen molar-refractivity contribution in [1.82, 2.24) is 15.1 Å². The van der Waals surface area contributed by atoms with Crippen molar-refractivity contribution in [3.63, 3.8) is 0 Å². The lowest BCUT2D eigenvalue weighted by atomic mass is 9.98. The van der Waals surface area contributed by atoms with E-state index in [4.69, 9.17) is 4.74 Å². The highest BCUT2D eigenvalue weighted by atomic mass is 16.5. The second-order valence-electron chi connectivity index (χ2n) is 8.98. The minimum atomic E-state index is -1.21. The summed E-state index contributed by atoms with van der Waals surface area (Å²) in [6, 6.07) is 15.2. The molecule has 9 heteroatoms. The van der Waals surface area contributed by atoms with E-state index in [0.29, 0.717) is 6.42 Å². The molecule has 2 aromatic carbocycles. The maximum Gasteiger partial charge on any atom is 0.407 e. The fraction of sp³-hybridized carbons (Fsp3) is 0.308. The number of aryl methyl sites for hydroxylation is 1. The molecule has 3 N–H and O–H groups in total. The number of nitrogens with zero attached hydrogens (tertiary/aromatic N) is 2. The van der Waals surface area contributed by atoms with Crippen LogP contribution in [0.4, 0.5) is 10.6 Å². The standard InChI is InChI=1S/C26H28N4O5/c1-15(2)12-22(24(31)29-23-20(25(32)33)13-27-30(23)3)28-26(34)35-14-21-18-10-6-4-8-16(18)17-9-5-7-11-19(17)21/h4-11,13,15,21-22H,12,14H2,1-3H3,(H,28,34)(H,29,31)(H,32,33). The Kier molecular flexibility index (Phi) is 6.86. The molecule has 3 aromatic rings. The fourth-order valence-corrected chi connectivity index (χ4v) is 4.43. The number of carbonyl (C=O) groups excluding carboxylic acids is 2. The molecule has 1 aliphatic carbocycles. The molecule has 0 saturated carbocycles. The number of benzene rings is 2. The quantitative estimate of drug-likeness (QED) is 0.452. The minimum absolute atomic E-state index is 0.0468. The van der Waals surface area contributed by atoms with Gasteiger partial charge >= 0.3 is 12.1 Å². The number of rotatable bonds is 8. The van der Waals surface area contributed by atoms with Gasteiger partial charge in [-0.25, -0.2) is 9.59 Å². The lowest BCUT2D eigenvalue weighted by Gasteiger charge is -2.21. The summed E-state index contributed by atoms with van der Waals surface area (Å²) in [7, 11) is 1.53. The van der Waals surface area contributed by atoms with E-state index < -0.39 is 24.0 Å². The molecule has 9 nitrogen and oxygen atoms in total. The van der Waals surface area contributed by atoms with Crippen LogP contribution in [0.3, 0.4) is 0 Å². The number of carbonyl (C=O) groups is 3. The summed E-state index contributed by atoms with van der Waals surface area (Å²) in [6.45, 7) is 3.97. The summed E-state index contributed by atoms with van der Waals surface area (Å²) in [6.07, 6.45) is 0.793. The highest BCUT2D eigenvalue weighted by Crippen LogP contribution is 2.44. The monoisotopic (exact) mass is 476 g/mol. The normalized spacial score (nSPS) is 13.1. The highest BCUT2D eigenvalue weighted by Gasteiger charge is 2.30. The van der Waals surface area contributed by atoms with Crippen LogP contribution in [-0.4, -0.2) is 45.5 Å². The number of aromatic nitrogens is 2. The summed E-state index contributed by atoms with van der Waals surface area (Å²) in [5, 5.41) is 18.5. The fourth-order valence-electron chi connectivity index (χ4n) is 4.43. The van der Waals surface area contributed by atoms with Gasteiger partial charge in [0.15, 0.2) is 0 Å². The Morgan fingerprint density at radius 1 is 1.06 bits per heavy atom. The highest BCUT2D eigenvalue weighted by molar-refractivity contribution is 6.01. The third-order valence-corrected chi connectivity index (χ3v) is 6.07. The van der Waals surface area contributed by atoms with E-state index in [-0.39, 0.29) is 29.8 Å². The van der Waals surface area contributed by atoms with Gasteiger partial charge in [0.25, 0.3) is 0 Å². The van der Waals surface area contributed by atoms with Gasteiger partial charge in [-0.2, -0.15) is 5.10 Å². The zero-order chi connectivity index (χ0) is 25.1. The van der Waals surface area contributed by atoms with Crippen molar-refractivity contribution in [2.75, 3.05) is 11.9 Å². The number of anilines is 1. The number of hydrogen-bond acceptors (Lipinski definition) is 5. The van der Waals surface area contributed by atoms with Gasteiger partial charge in [-0.1, -0.05) is 62.4 Å². The first-order valence-electron chi connectivity index (χ1n) is 11.4. The smallest absolute Gasteiger partial charge is 0.407 e. The maximum absolute atomic E-state index is 13.0. The number of fused-ring (bicyclic) bond motifs is 3. The average Bonchev–Trinajstić information content (AvgIpc) is 3.35. The van der Waals surface area contributed by atoms with E-state index in [1.807, 2.05) is 50.2 Å². The second-order valence-corrected chi connectivity index (χ2v) is 8.98. The van der Waals surface area contributed by atoms with Gasteiger partial charge in [-0.05, 0) is 34.6 Å². The van der Waals surface area contributed by atoms with Gasteiger partial charge in [0.2, 0.25) is 5.91 Å². The summed E-state index contributed by atoms with van der Waals surface area (Å²) < 4.78 is 6.85. The molecule has 35 heavy (non-hydrogen) atoms. The Labute approximate surface area is 203 Å². The largest absolute Gasteiger partial charge is 0.477 e. The van der Waals surface area contributed by atoms with Gasteiger partial charge in [-0.3, -0.25) is 9.48 Å². The molecular formula is C26H28N4O5. The van der Waals surface area contributed by atoms with E-state index in [2.05, 4.69) is 27.9 Å². The SMILES string of the molecule is CC(C)CC(NC(=O)OCC1c2ccccc2-c2ccccc21)C(=O)Nc1c(C(=O)O)cnn1C. The Balaban J connectivity index is 1.45. The van der Waals surface area contributed by atoms with Gasteiger partial charge in [-0.15, -0.1) is 0 Å². The van der Waals surface area contributed by atoms with Crippen molar-refractivity contribution < 1.29 is 24.2 Å². The maximum atomic E-state index is 13.0. The molecular weight excluding hydrogens is 448 g/mol. The summed E-state index contributed by atoms with van der Waals surface area (Å²) in [5.74, 6) is -1.72. The van der Waals surface area contributed by atoms with Crippen LogP contribution >= 0.6 is 0 Å². The molecule has 0 spiro atoms. The zero-order valence-corrected chi connectivity index (χ0v) is 19.8. The first-order chi connectivity index (χ1) is 16.8. The molecule has 1 atom stereocenters. The van der Waals surface area contributed by atoms with E-state index in [9.17, 15) is 19.5 Å². The number of amides is 2. The Bertz CT molecular complexity index is 1220. The first-order valence-corrected chi connectivity index (χ1v) is 11.4. The van der Waals surface area contributed by atoms with Crippen LogP contribution in [0.25, 0.3) is 11.1 Å². The van der Waals surface area contributed by atoms with Gasteiger partial charge in [0, 0.05) is 13.0 Å². The van der Waals surface area contributed by atoms with Crippen LogP contribution < -0.4 is 10.6 Å². The summed E-state index contributed by atoms with van der Waals surface area (Å²) >= 11 is 0. The third-order valence-electron chi connectivity index (χ3n) is 6.07. The van der Waals surface area contributed by atoms with Crippen molar-refractivity contribution in [2.45, 2.75) is 32.2 Å². The van der Waals surface area contributed by atoms with E-state index in [0.717, 1.165) is 28.5 Å². The molecule has 1 aromatic heterocycles. The van der Waals surface area contributed by atoms with E-state index in [1.54, 1.807) is 0 Å². The first kappa shape index (κ1) is 24.0. The third kappa shape index (κ3) is 5.03. The van der Waals surface area contributed by atoms with Crippen LogP contribution in [-0.2, 0) is 16.6 Å². The predicted molar refractivity (Wildman–Crippen MR) is 130 cm³/mol. The van der Waals surface area contributed by atoms with Gasteiger partial charge in [0.1, 0.15) is 24.0 Å². The number of ether oxygens (including phenoxy) is 1. The molecule has 2 amide bonds. The van der Waals surface area contributed by atoms with Crippen LogP contribution in [0, 0.1) is 5.92 Å². The van der Waals surface area contributed by atoms with Crippen molar-refractivity contribution in [2.24, 2.45) is 13.0 Å². The molecule has 0 bridgehead atoms. The average molecular weight is 477 g/mol. The van der Waals surface area contributed by atoms with Crippen molar-refractivity contribution >= 4 is 23.8 Å². The summed E-state index contributed by atoms with van der Waals surface area (Å²) in [5.41, 5.74) is 4.30. The van der Waals surface area contributed by atoms with E-state index in [1.165, 1.54) is 11.7 Å². The zero-order valence-electron chi connectivity index (χ0n) is 19.8. The molecule has 182 valence electrons. The number of nitrogens with one attached hydrogen (secondary N) is 2. The van der Waals surface area contributed by atoms with Crippen molar-refractivity contribution in [1.29, 1.82) is 0 Å². The van der Waals surface area contributed by atoms with Crippen molar-refractivity contribution in [3.05, 3.63) is 71.4 Å². The summed E-state index contributed by atoms with van der Waals surface area (Å²) in [4.78, 5) is 37.2. The number of alkyl carbamates (subject to hydrolysis) is 1. The van der Waals surface area contributed by atoms with Crippen LogP contribution in [0.15, 0.2) is 54.7 Å². The number of aromatic carboxylic acids is 1. The Morgan fingerprint density at radius 3 is 2.23 bits per heavy atom. The minimum Gasteiger partial charge on any atom is -0.477 e. The van der Waals surface area contributed by atoms with Crippen LogP contribution in [0.1, 0.15) is 47.7 Å². The molecule has 0 fully saturated rings. The van der Waals surface area contributed by atoms with Gasteiger partial charge < -0.3 is 20.5 Å². The Hall–Kier alpha value is -4.14. The van der Waals surface area contributed by atoms with Gasteiger partial charge in [0.05, 0.1) is 6.20 Å². The molecule has 1 aliphatic rings. The lowest BCUT2D eigenvalue weighted by molar-refractivity contribution is -0.118. The van der Waals surface area contributed by atoms with Crippen LogP contribution in [0.5, 0.6) is 0 Å². The topological polar surface area (TPSA) is 123 Å². The molecule has 1 unspecified atom stereocenters. The Morgan fingerprint density at radius 2 is 1.66 bits per heavy atom. The predicted octanol–water partition coefficient (Wildman–Crippen LogP) is 4.01. The number of hydrogen-bond donors (Lipinski definition) is 3. The van der Waals surface area contributed by atoms with E-state index >= 15 is 0 Å². The molecule has 0 saturated heterocycles. The molecule has 0 radical (unpaired) electrons. The number of carboxylic acid groups (broad SMARTS) is 1. The second kappa shape index (κ2) is 10.0. The molecule has 0 aliphatic heterocycles. The number of carboxylic acids is 1. The molecule has 4 rings (SSSR count). The lowest BCUT2D eigenvalue weighted by Crippen LogP contribution is -2.45. The molecule has 1 heterocycles. The van der Waals surface area contributed by atoms with Crippen molar-refractivity contribution in [3.8, 4) is 11.1 Å².